The van der Waals surface area contributed by atoms with Crippen LogP contribution in [0, 0.1) is 5.92 Å². The highest BCUT2D eigenvalue weighted by Crippen LogP contribution is 2.18. The van der Waals surface area contributed by atoms with Crippen LogP contribution in [0.15, 0.2) is 0 Å². The van der Waals surface area contributed by atoms with E-state index in [1.54, 1.807) is 0 Å². The zero-order chi connectivity index (χ0) is 45.2. The summed E-state index contributed by atoms with van der Waals surface area (Å²) in [5, 5.41) is 0. The van der Waals surface area contributed by atoms with Gasteiger partial charge in [-0.25, -0.2) is 0 Å². The van der Waals surface area contributed by atoms with Gasteiger partial charge in [-0.1, -0.05) is 278 Å². The first kappa shape index (κ1) is 60.4. The molecule has 0 radical (unpaired) electrons. The number of unbranched alkanes of at least 4 members (excludes halogenated alkanes) is 38. The molecule has 62 heavy (non-hydrogen) atoms. The van der Waals surface area contributed by atoms with Gasteiger partial charge in [0.25, 0.3) is 0 Å². The van der Waals surface area contributed by atoms with Crippen molar-refractivity contribution < 1.29 is 28.6 Å². The van der Waals surface area contributed by atoms with Gasteiger partial charge in [0.05, 0.1) is 0 Å². The van der Waals surface area contributed by atoms with E-state index in [2.05, 4.69) is 27.7 Å². The number of rotatable bonds is 51. The third kappa shape index (κ3) is 49.4. The lowest BCUT2D eigenvalue weighted by Gasteiger charge is -2.18. The van der Waals surface area contributed by atoms with Gasteiger partial charge in [0.2, 0.25) is 0 Å². The van der Waals surface area contributed by atoms with Crippen molar-refractivity contribution in [3.05, 3.63) is 0 Å². The van der Waals surface area contributed by atoms with Gasteiger partial charge in [-0.05, 0) is 25.2 Å². The Morgan fingerprint density at radius 1 is 0.306 bits per heavy atom. The van der Waals surface area contributed by atoms with Crippen LogP contribution >= 0.6 is 0 Å². The highest BCUT2D eigenvalue weighted by atomic mass is 16.6. The van der Waals surface area contributed by atoms with Crippen LogP contribution in [0.25, 0.3) is 0 Å². The SMILES string of the molecule is CCCCCCCCCCCCCCCCCCC(=O)OC[C@H](COC(=O)CCCCCCCCCCCCCC)OC(=O)CCCCCCCCCCCCCCCC(C)C. The maximum Gasteiger partial charge on any atom is 0.306 e. The molecule has 0 aliphatic carbocycles. The van der Waals surface area contributed by atoms with Crippen LogP contribution in [0.5, 0.6) is 0 Å². The molecule has 0 spiro atoms. The van der Waals surface area contributed by atoms with Crippen molar-refractivity contribution in [2.75, 3.05) is 13.2 Å². The van der Waals surface area contributed by atoms with Gasteiger partial charge in [0.1, 0.15) is 13.2 Å². The smallest absolute Gasteiger partial charge is 0.306 e. The summed E-state index contributed by atoms with van der Waals surface area (Å²) in [4.78, 5) is 38.0. The maximum absolute atomic E-state index is 12.8. The molecule has 0 aromatic carbocycles. The Labute approximate surface area is 387 Å². The van der Waals surface area contributed by atoms with E-state index in [4.69, 9.17) is 14.2 Å². The summed E-state index contributed by atoms with van der Waals surface area (Å²) >= 11 is 0. The molecule has 0 aliphatic rings. The Kier molecular flexibility index (Phi) is 49.1. The minimum absolute atomic E-state index is 0.0621. The lowest BCUT2D eigenvalue weighted by molar-refractivity contribution is -0.167. The van der Waals surface area contributed by atoms with E-state index in [9.17, 15) is 14.4 Å². The predicted octanol–water partition coefficient (Wildman–Crippen LogP) is 18.2. The van der Waals surface area contributed by atoms with Crippen LogP contribution < -0.4 is 0 Å². The topological polar surface area (TPSA) is 78.9 Å². The van der Waals surface area contributed by atoms with Crippen LogP contribution in [0.1, 0.15) is 317 Å². The minimum Gasteiger partial charge on any atom is -0.462 e. The van der Waals surface area contributed by atoms with Gasteiger partial charge in [0.15, 0.2) is 6.10 Å². The summed E-state index contributed by atoms with van der Waals surface area (Å²) in [5.74, 6) is 0.0000634. The van der Waals surface area contributed by atoms with Crippen LogP contribution in [0.3, 0.4) is 0 Å². The second-order valence-electron chi connectivity index (χ2n) is 19.7. The first-order valence-corrected chi connectivity index (χ1v) is 27.9. The van der Waals surface area contributed by atoms with E-state index in [0.29, 0.717) is 19.3 Å². The molecule has 0 aromatic rings. The molecule has 0 fully saturated rings. The fourth-order valence-electron chi connectivity index (χ4n) is 8.57. The van der Waals surface area contributed by atoms with Crippen molar-refractivity contribution in [1.29, 1.82) is 0 Å². The Hall–Kier alpha value is -1.59. The molecule has 0 unspecified atom stereocenters. The summed E-state index contributed by atoms with van der Waals surface area (Å²) in [5.41, 5.74) is 0. The van der Waals surface area contributed by atoms with E-state index in [0.717, 1.165) is 63.7 Å². The summed E-state index contributed by atoms with van der Waals surface area (Å²) in [6, 6.07) is 0. The molecule has 0 saturated heterocycles. The molecule has 6 heteroatoms. The highest BCUT2D eigenvalue weighted by molar-refractivity contribution is 5.71. The minimum atomic E-state index is -0.761. The van der Waals surface area contributed by atoms with E-state index < -0.39 is 6.10 Å². The van der Waals surface area contributed by atoms with Crippen molar-refractivity contribution in [3.63, 3.8) is 0 Å². The van der Waals surface area contributed by atoms with E-state index >= 15 is 0 Å². The molecule has 0 aliphatic heterocycles. The van der Waals surface area contributed by atoms with Gasteiger partial charge in [-0.15, -0.1) is 0 Å². The van der Waals surface area contributed by atoms with Gasteiger partial charge < -0.3 is 14.2 Å². The van der Waals surface area contributed by atoms with Gasteiger partial charge >= 0.3 is 17.9 Å². The van der Waals surface area contributed by atoms with E-state index in [-0.39, 0.29) is 31.1 Å². The molecule has 6 nitrogen and oxygen atoms in total. The lowest BCUT2D eigenvalue weighted by Crippen LogP contribution is -2.30. The summed E-state index contributed by atoms with van der Waals surface area (Å²) in [7, 11) is 0. The van der Waals surface area contributed by atoms with Crippen molar-refractivity contribution in [3.8, 4) is 0 Å². The summed E-state index contributed by atoms with van der Waals surface area (Å²) < 4.78 is 16.9. The summed E-state index contributed by atoms with van der Waals surface area (Å²) in [6.07, 6.45) is 53.7. The number of ether oxygens (including phenoxy) is 3. The monoisotopic (exact) mass is 877 g/mol. The van der Waals surface area contributed by atoms with Crippen LogP contribution in [0.4, 0.5) is 0 Å². The van der Waals surface area contributed by atoms with Crippen molar-refractivity contribution >= 4 is 17.9 Å². The first-order valence-electron chi connectivity index (χ1n) is 27.9. The van der Waals surface area contributed by atoms with E-state index in [1.165, 1.54) is 212 Å². The average Bonchev–Trinajstić information content (AvgIpc) is 3.26. The number of hydrogen-bond donors (Lipinski definition) is 0. The quantitative estimate of drug-likeness (QED) is 0.0344. The molecule has 0 saturated carbocycles. The summed E-state index contributed by atoms with van der Waals surface area (Å²) in [6.45, 7) is 9.05. The largest absolute Gasteiger partial charge is 0.462 e. The van der Waals surface area contributed by atoms with E-state index in [1.807, 2.05) is 0 Å². The maximum atomic E-state index is 12.8. The molecule has 0 amide bonds. The molecule has 0 heterocycles. The third-order valence-electron chi connectivity index (χ3n) is 12.8. The molecular weight excluding hydrogens is 769 g/mol. The van der Waals surface area contributed by atoms with Gasteiger partial charge in [0, 0.05) is 19.3 Å². The van der Waals surface area contributed by atoms with Crippen molar-refractivity contribution in [2.45, 2.75) is 323 Å². The molecule has 0 rings (SSSR count). The van der Waals surface area contributed by atoms with Crippen molar-refractivity contribution in [2.24, 2.45) is 5.92 Å². The Balaban J connectivity index is 4.29. The molecule has 1 atom stereocenters. The lowest BCUT2D eigenvalue weighted by atomic mass is 10.0. The first-order chi connectivity index (χ1) is 30.4. The zero-order valence-corrected chi connectivity index (χ0v) is 42.3. The fourth-order valence-corrected chi connectivity index (χ4v) is 8.57. The van der Waals surface area contributed by atoms with Crippen LogP contribution in [-0.2, 0) is 28.6 Å². The average molecular weight is 877 g/mol. The molecule has 0 aromatic heterocycles. The van der Waals surface area contributed by atoms with Crippen LogP contribution in [-0.4, -0.2) is 37.2 Å². The van der Waals surface area contributed by atoms with Crippen molar-refractivity contribution in [1.82, 2.24) is 0 Å². The molecule has 0 bridgehead atoms. The Morgan fingerprint density at radius 2 is 0.532 bits per heavy atom. The number of hydrogen-bond acceptors (Lipinski definition) is 6. The molecule has 368 valence electrons. The number of carbonyl (C=O) groups excluding carboxylic acids is 3. The fraction of sp³-hybridized carbons (Fsp3) is 0.946. The van der Waals surface area contributed by atoms with Gasteiger partial charge in [-0.3, -0.25) is 14.4 Å². The standard InChI is InChI=1S/C56H108O6/c1-5-7-9-11-13-15-17-19-20-21-24-28-32-36-40-44-48-55(58)61-51-53(50-60-54(57)47-43-39-35-31-27-18-16-14-12-10-8-6-2)62-56(59)49-45-41-37-33-29-25-22-23-26-30-34-38-42-46-52(3)4/h52-53H,5-51H2,1-4H3/t53-/m0/s1. The third-order valence-corrected chi connectivity index (χ3v) is 12.8. The number of esters is 3. The normalized spacial score (nSPS) is 12.0. The van der Waals surface area contributed by atoms with Gasteiger partial charge in [-0.2, -0.15) is 0 Å². The van der Waals surface area contributed by atoms with Crippen LogP contribution in [0.2, 0.25) is 0 Å². The molecular formula is C56H108O6. The molecule has 0 N–H and O–H groups in total. The zero-order valence-electron chi connectivity index (χ0n) is 42.3. The Morgan fingerprint density at radius 3 is 0.790 bits per heavy atom. The highest BCUT2D eigenvalue weighted by Gasteiger charge is 2.19. The predicted molar refractivity (Wildman–Crippen MR) is 266 cm³/mol. The second kappa shape index (κ2) is 50.4. The Bertz CT molecular complexity index is 933. The number of carbonyl (C=O) groups is 3. The second-order valence-corrected chi connectivity index (χ2v) is 19.7.